The number of fused-ring (bicyclic) bond motifs is 2. The van der Waals surface area contributed by atoms with Crippen molar-refractivity contribution in [3.8, 4) is 0 Å². The first-order valence-electron chi connectivity index (χ1n) is 5.10. The zero-order valence-electron chi connectivity index (χ0n) is 7.74. The standard InChI is InChI=1S/C10H19NO/c1-6-8-4-7(2-3-12)10(11)9(6)5-8/h6-10,12H,2-5,11H2,1H3/t6?,7?,8-,9?,10+/m0/s1. The van der Waals surface area contributed by atoms with Crippen molar-refractivity contribution in [3.63, 3.8) is 0 Å². The zero-order valence-corrected chi connectivity index (χ0v) is 7.74. The summed E-state index contributed by atoms with van der Waals surface area (Å²) in [6.07, 6.45) is 3.53. The van der Waals surface area contributed by atoms with Crippen molar-refractivity contribution in [2.24, 2.45) is 29.4 Å². The van der Waals surface area contributed by atoms with E-state index in [9.17, 15) is 0 Å². The molecule has 0 aromatic carbocycles. The summed E-state index contributed by atoms with van der Waals surface area (Å²) in [5.41, 5.74) is 6.13. The molecular formula is C10H19NO. The van der Waals surface area contributed by atoms with Gasteiger partial charge in [-0.1, -0.05) is 6.92 Å². The fourth-order valence-corrected chi connectivity index (χ4v) is 3.12. The van der Waals surface area contributed by atoms with E-state index in [4.69, 9.17) is 10.8 Å². The molecule has 0 aromatic rings. The van der Waals surface area contributed by atoms with Gasteiger partial charge in [0, 0.05) is 12.6 Å². The molecule has 3 fully saturated rings. The van der Waals surface area contributed by atoms with Crippen LogP contribution in [0.2, 0.25) is 0 Å². The van der Waals surface area contributed by atoms with Gasteiger partial charge in [-0.05, 0) is 42.9 Å². The van der Waals surface area contributed by atoms with Gasteiger partial charge < -0.3 is 10.8 Å². The fraction of sp³-hybridized carbons (Fsp3) is 1.00. The van der Waals surface area contributed by atoms with Gasteiger partial charge in [0.15, 0.2) is 0 Å². The molecule has 2 bridgehead atoms. The van der Waals surface area contributed by atoms with E-state index < -0.39 is 0 Å². The molecule has 0 saturated heterocycles. The highest BCUT2D eigenvalue weighted by atomic mass is 16.3. The molecule has 2 heteroatoms. The Bertz CT molecular complexity index is 171. The largest absolute Gasteiger partial charge is 0.396 e. The first-order chi connectivity index (χ1) is 5.74. The zero-order chi connectivity index (χ0) is 8.72. The van der Waals surface area contributed by atoms with E-state index in [1.807, 2.05) is 0 Å². The van der Waals surface area contributed by atoms with Gasteiger partial charge in [-0.15, -0.1) is 0 Å². The molecule has 3 unspecified atom stereocenters. The van der Waals surface area contributed by atoms with Crippen LogP contribution in [0.4, 0.5) is 0 Å². The smallest absolute Gasteiger partial charge is 0.0434 e. The van der Waals surface area contributed by atoms with Crippen LogP contribution in [-0.2, 0) is 0 Å². The first-order valence-corrected chi connectivity index (χ1v) is 5.10. The van der Waals surface area contributed by atoms with Crippen molar-refractivity contribution in [2.75, 3.05) is 6.61 Å². The highest BCUT2D eigenvalue weighted by Crippen LogP contribution is 2.52. The number of hydrogen-bond donors (Lipinski definition) is 2. The molecule has 0 spiro atoms. The SMILES string of the molecule is CC1C2C[C@@H]1CC(CCO)[C@H]2N. The predicted octanol–water partition coefficient (Wildman–Crippen LogP) is 0.988. The third-order valence-electron chi connectivity index (χ3n) is 4.14. The normalized spacial score (nSPS) is 51.8. The molecule has 2 nitrogen and oxygen atoms in total. The van der Waals surface area contributed by atoms with E-state index >= 15 is 0 Å². The molecule has 3 aliphatic rings. The quantitative estimate of drug-likeness (QED) is 0.647. The second kappa shape index (κ2) is 3.00. The van der Waals surface area contributed by atoms with E-state index in [0.717, 1.165) is 24.2 Å². The van der Waals surface area contributed by atoms with Crippen molar-refractivity contribution >= 4 is 0 Å². The summed E-state index contributed by atoms with van der Waals surface area (Å²) in [5.74, 6) is 3.15. The van der Waals surface area contributed by atoms with Gasteiger partial charge in [0.2, 0.25) is 0 Å². The topological polar surface area (TPSA) is 46.2 Å². The monoisotopic (exact) mass is 169 g/mol. The van der Waals surface area contributed by atoms with E-state index in [-0.39, 0.29) is 0 Å². The molecule has 70 valence electrons. The second-order valence-electron chi connectivity index (χ2n) is 4.60. The average molecular weight is 169 g/mol. The van der Waals surface area contributed by atoms with Crippen LogP contribution in [-0.4, -0.2) is 17.8 Å². The Morgan fingerprint density at radius 1 is 1.42 bits per heavy atom. The fourth-order valence-electron chi connectivity index (χ4n) is 3.12. The van der Waals surface area contributed by atoms with Crippen LogP contribution in [0.5, 0.6) is 0 Å². The minimum Gasteiger partial charge on any atom is -0.396 e. The summed E-state index contributed by atoms with van der Waals surface area (Å²) in [6, 6.07) is 0.372. The molecular weight excluding hydrogens is 150 g/mol. The molecule has 0 radical (unpaired) electrons. The van der Waals surface area contributed by atoms with Crippen LogP contribution < -0.4 is 5.73 Å². The lowest BCUT2D eigenvalue weighted by molar-refractivity contribution is -0.0326. The van der Waals surface area contributed by atoms with Crippen molar-refractivity contribution in [1.29, 1.82) is 0 Å². The predicted molar refractivity (Wildman–Crippen MR) is 48.5 cm³/mol. The first kappa shape index (κ1) is 8.52. The number of aliphatic hydroxyl groups excluding tert-OH is 1. The summed E-state index contributed by atoms with van der Waals surface area (Å²) >= 11 is 0. The van der Waals surface area contributed by atoms with E-state index in [2.05, 4.69) is 6.92 Å². The highest BCUT2D eigenvalue weighted by molar-refractivity contribution is 5.01. The molecule has 3 rings (SSSR count). The molecule has 3 N–H and O–H groups in total. The summed E-state index contributed by atoms with van der Waals surface area (Å²) < 4.78 is 0. The van der Waals surface area contributed by atoms with Gasteiger partial charge >= 0.3 is 0 Å². The van der Waals surface area contributed by atoms with Gasteiger partial charge in [-0.2, -0.15) is 0 Å². The number of rotatable bonds is 2. The molecule has 3 aliphatic carbocycles. The lowest BCUT2D eigenvalue weighted by Crippen LogP contribution is -2.56. The number of hydrogen-bond acceptors (Lipinski definition) is 2. The second-order valence-corrected chi connectivity index (χ2v) is 4.60. The third-order valence-corrected chi connectivity index (χ3v) is 4.14. The number of nitrogens with two attached hydrogens (primary N) is 1. The maximum Gasteiger partial charge on any atom is 0.0434 e. The van der Waals surface area contributed by atoms with Crippen molar-refractivity contribution < 1.29 is 5.11 Å². The lowest BCUT2D eigenvalue weighted by atomic mass is 9.52. The van der Waals surface area contributed by atoms with E-state index in [1.165, 1.54) is 12.8 Å². The molecule has 0 aliphatic heterocycles. The third kappa shape index (κ3) is 1.09. The number of aliphatic hydroxyl groups is 1. The summed E-state index contributed by atoms with van der Waals surface area (Å²) in [6.45, 7) is 2.64. The Labute approximate surface area is 74.1 Å². The highest BCUT2D eigenvalue weighted by Gasteiger charge is 2.48. The Kier molecular flexibility index (Phi) is 2.13. The Hall–Kier alpha value is -0.0800. The van der Waals surface area contributed by atoms with Crippen LogP contribution in [0.3, 0.4) is 0 Å². The summed E-state index contributed by atoms with van der Waals surface area (Å²) in [4.78, 5) is 0. The maximum absolute atomic E-state index is 8.85. The van der Waals surface area contributed by atoms with E-state index in [0.29, 0.717) is 18.6 Å². The molecule has 0 amide bonds. The van der Waals surface area contributed by atoms with Gasteiger partial charge in [-0.3, -0.25) is 0 Å². The van der Waals surface area contributed by atoms with Crippen molar-refractivity contribution in [3.05, 3.63) is 0 Å². The summed E-state index contributed by atoms with van der Waals surface area (Å²) in [5, 5.41) is 8.85. The van der Waals surface area contributed by atoms with Crippen molar-refractivity contribution in [1.82, 2.24) is 0 Å². The van der Waals surface area contributed by atoms with Gasteiger partial charge in [0.05, 0.1) is 0 Å². The molecule has 5 atom stereocenters. The van der Waals surface area contributed by atoms with Crippen LogP contribution in [0, 0.1) is 23.7 Å². The Morgan fingerprint density at radius 2 is 2.17 bits per heavy atom. The molecule has 0 heterocycles. The molecule has 0 aromatic heterocycles. The van der Waals surface area contributed by atoms with Gasteiger partial charge in [0.1, 0.15) is 0 Å². The van der Waals surface area contributed by atoms with Gasteiger partial charge in [-0.25, -0.2) is 0 Å². The lowest BCUT2D eigenvalue weighted by Gasteiger charge is -2.55. The van der Waals surface area contributed by atoms with E-state index in [1.54, 1.807) is 0 Å². The van der Waals surface area contributed by atoms with Crippen LogP contribution in [0.15, 0.2) is 0 Å². The molecule has 12 heavy (non-hydrogen) atoms. The Morgan fingerprint density at radius 3 is 2.67 bits per heavy atom. The van der Waals surface area contributed by atoms with Crippen LogP contribution >= 0.6 is 0 Å². The minimum atomic E-state index is 0.312. The van der Waals surface area contributed by atoms with Crippen LogP contribution in [0.25, 0.3) is 0 Å². The van der Waals surface area contributed by atoms with Crippen molar-refractivity contribution in [2.45, 2.75) is 32.2 Å². The maximum atomic E-state index is 8.85. The average Bonchev–Trinajstić information content (AvgIpc) is 2.07. The minimum absolute atomic E-state index is 0.312. The van der Waals surface area contributed by atoms with Gasteiger partial charge in [0.25, 0.3) is 0 Å². The summed E-state index contributed by atoms with van der Waals surface area (Å²) in [7, 11) is 0. The molecule has 3 saturated carbocycles. The van der Waals surface area contributed by atoms with Crippen LogP contribution in [0.1, 0.15) is 26.2 Å². The Balaban J connectivity index is 1.96.